The smallest absolute Gasteiger partial charge is 0.226 e. The van der Waals surface area contributed by atoms with Crippen molar-refractivity contribution in [2.24, 2.45) is 11.1 Å². The van der Waals surface area contributed by atoms with Crippen LogP contribution in [0.1, 0.15) is 19.4 Å². The minimum atomic E-state index is -0.513. The highest BCUT2D eigenvalue weighted by molar-refractivity contribution is 5.85. The Balaban J connectivity index is 0.00000324. The molecule has 1 amide bonds. The molecule has 0 aromatic heterocycles. The van der Waals surface area contributed by atoms with Gasteiger partial charge in [0.1, 0.15) is 5.75 Å². The predicted molar refractivity (Wildman–Crippen MR) is 79.8 cm³/mol. The molecule has 0 spiro atoms. The zero-order valence-electron chi connectivity index (χ0n) is 11.7. The van der Waals surface area contributed by atoms with E-state index in [-0.39, 0.29) is 18.3 Å². The van der Waals surface area contributed by atoms with Gasteiger partial charge in [0.2, 0.25) is 5.91 Å². The van der Waals surface area contributed by atoms with Crippen LogP contribution in [0, 0.1) is 5.41 Å². The molecule has 0 radical (unpaired) electrons. The summed E-state index contributed by atoms with van der Waals surface area (Å²) in [6, 6.07) is 7.81. The lowest BCUT2D eigenvalue weighted by Crippen LogP contribution is -2.42. The summed E-state index contributed by atoms with van der Waals surface area (Å²) in [5.74, 6) is 0.838. The first-order valence-electron chi connectivity index (χ1n) is 6.11. The van der Waals surface area contributed by atoms with Gasteiger partial charge in [0.25, 0.3) is 0 Å². The number of benzene rings is 1. The topological polar surface area (TPSA) is 64.3 Å². The highest BCUT2D eigenvalue weighted by Gasteiger charge is 2.25. The first-order valence-corrected chi connectivity index (χ1v) is 6.11. The van der Waals surface area contributed by atoms with Crippen molar-refractivity contribution in [3.05, 3.63) is 29.8 Å². The molecular weight excluding hydrogens is 264 g/mol. The molecule has 0 heterocycles. The Morgan fingerprint density at radius 2 is 2.00 bits per heavy atom. The summed E-state index contributed by atoms with van der Waals surface area (Å²) < 4.78 is 5.26. The molecule has 0 bridgehead atoms. The van der Waals surface area contributed by atoms with Gasteiger partial charge < -0.3 is 15.8 Å². The number of amides is 1. The molecule has 0 fully saturated rings. The molecule has 0 aliphatic rings. The third-order valence-electron chi connectivity index (χ3n) is 3.00. The molecule has 0 unspecified atom stereocenters. The predicted octanol–water partition coefficient (Wildman–Crippen LogP) is 1.76. The SMILES string of the molecule is COc1ccccc1CCNC(=O)C(C)(C)CN.Cl. The molecule has 1 aromatic rings. The standard InChI is InChI=1S/C14H22N2O2.ClH/c1-14(2,10-15)13(17)16-9-8-11-6-4-5-7-12(11)18-3;/h4-7H,8-10,15H2,1-3H3,(H,16,17);1H. The van der Waals surface area contributed by atoms with Gasteiger partial charge in [0, 0.05) is 13.1 Å². The lowest BCUT2D eigenvalue weighted by atomic mass is 9.92. The van der Waals surface area contributed by atoms with Gasteiger partial charge >= 0.3 is 0 Å². The Morgan fingerprint density at radius 1 is 1.37 bits per heavy atom. The molecule has 19 heavy (non-hydrogen) atoms. The number of carbonyl (C=O) groups excluding carboxylic acids is 1. The Labute approximate surface area is 121 Å². The van der Waals surface area contributed by atoms with Crippen LogP contribution in [0.4, 0.5) is 0 Å². The van der Waals surface area contributed by atoms with Crippen LogP contribution in [-0.2, 0) is 11.2 Å². The number of methoxy groups -OCH3 is 1. The van der Waals surface area contributed by atoms with Crippen LogP contribution < -0.4 is 15.8 Å². The normalized spacial score (nSPS) is 10.5. The average molecular weight is 287 g/mol. The van der Waals surface area contributed by atoms with Crippen LogP contribution in [-0.4, -0.2) is 26.1 Å². The van der Waals surface area contributed by atoms with E-state index < -0.39 is 5.41 Å². The molecule has 5 heteroatoms. The van der Waals surface area contributed by atoms with Gasteiger partial charge in [-0.05, 0) is 31.9 Å². The Morgan fingerprint density at radius 3 is 2.58 bits per heavy atom. The molecule has 3 N–H and O–H groups in total. The molecular formula is C14H23ClN2O2. The van der Waals surface area contributed by atoms with E-state index in [0.29, 0.717) is 13.1 Å². The van der Waals surface area contributed by atoms with Crippen molar-refractivity contribution in [3.8, 4) is 5.75 Å². The van der Waals surface area contributed by atoms with Crippen LogP contribution in [0.3, 0.4) is 0 Å². The third-order valence-corrected chi connectivity index (χ3v) is 3.00. The monoisotopic (exact) mass is 286 g/mol. The minimum absolute atomic E-state index is 0. The van der Waals surface area contributed by atoms with E-state index >= 15 is 0 Å². The maximum absolute atomic E-state index is 11.8. The second kappa shape index (κ2) is 8.02. The number of para-hydroxylation sites is 1. The molecule has 0 atom stereocenters. The molecule has 0 aliphatic heterocycles. The molecule has 0 aliphatic carbocycles. The second-order valence-electron chi connectivity index (χ2n) is 4.91. The van der Waals surface area contributed by atoms with E-state index in [1.165, 1.54) is 0 Å². The van der Waals surface area contributed by atoms with Crippen molar-refractivity contribution in [2.45, 2.75) is 20.3 Å². The lowest BCUT2D eigenvalue weighted by molar-refractivity contribution is -0.128. The van der Waals surface area contributed by atoms with E-state index in [1.54, 1.807) is 7.11 Å². The fourth-order valence-electron chi connectivity index (χ4n) is 1.55. The summed E-state index contributed by atoms with van der Waals surface area (Å²) in [5.41, 5.74) is 6.13. The summed E-state index contributed by atoms with van der Waals surface area (Å²) in [7, 11) is 1.65. The maximum Gasteiger partial charge on any atom is 0.226 e. The van der Waals surface area contributed by atoms with E-state index in [4.69, 9.17) is 10.5 Å². The number of ether oxygens (including phenoxy) is 1. The highest BCUT2D eigenvalue weighted by atomic mass is 35.5. The second-order valence-corrected chi connectivity index (χ2v) is 4.91. The van der Waals surface area contributed by atoms with Gasteiger partial charge in [-0.15, -0.1) is 12.4 Å². The van der Waals surface area contributed by atoms with Crippen molar-refractivity contribution in [1.29, 1.82) is 0 Å². The molecule has 108 valence electrons. The van der Waals surface area contributed by atoms with Crippen molar-refractivity contribution >= 4 is 18.3 Å². The average Bonchev–Trinajstić information content (AvgIpc) is 2.39. The summed E-state index contributed by atoms with van der Waals surface area (Å²) in [6.07, 6.45) is 0.746. The van der Waals surface area contributed by atoms with Gasteiger partial charge in [0.05, 0.1) is 12.5 Å². The summed E-state index contributed by atoms with van der Waals surface area (Å²) in [4.78, 5) is 11.8. The Kier molecular flexibility index (Phi) is 7.49. The van der Waals surface area contributed by atoms with Crippen LogP contribution in [0.15, 0.2) is 24.3 Å². The maximum atomic E-state index is 11.8. The van der Waals surface area contributed by atoms with Crippen LogP contribution in [0.5, 0.6) is 5.75 Å². The quantitative estimate of drug-likeness (QED) is 0.837. The summed E-state index contributed by atoms with van der Waals surface area (Å²) in [5, 5.41) is 2.90. The summed E-state index contributed by atoms with van der Waals surface area (Å²) >= 11 is 0. The molecule has 4 nitrogen and oxygen atoms in total. The van der Waals surface area contributed by atoms with E-state index in [0.717, 1.165) is 17.7 Å². The van der Waals surface area contributed by atoms with Crippen molar-refractivity contribution in [3.63, 3.8) is 0 Å². The van der Waals surface area contributed by atoms with Crippen molar-refractivity contribution in [2.75, 3.05) is 20.2 Å². The Hall–Kier alpha value is -1.26. The molecule has 1 rings (SSSR count). The number of nitrogens with two attached hydrogens (primary N) is 1. The first kappa shape index (κ1) is 17.7. The van der Waals surface area contributed by atoms with E-state index in [2.05, 4.69) is 5.32 Å². The van der Waals surface area contributed by atoms with Crippen LogP contribution >= 0.6 is 12.4 Å². The third kappa shape index (κ3) is 5.09. The number of hydrogen-bond donors (Lipinski definition) is 2. The molecule has 1 aromatic carbocycles. The number of rotatable bonds is 6. The summed E-state index contributed by atoms with van der Waals surface area (Å²) in [6.45, 7) is 4.60. The number of hydrogen-bond acceptors (Lipinski definition) is 3. The number of halogens is 1. The molecule has 0 saturated carbocycles. The largest absolute Gasteiger partial charge is 0.496 e. The van der Waals surface area contributed by atoms with Gasteiger partial charge in [-0.2, -0.15) is 0 Å². The molecule has 0 saturated heterocycles. The van der Waals surface area contributed by atoms with Crippen LogP contribution in [0.25, 0.3) is 0 Å². The van der Waals surface area contributed by atoms with E-state index in [1.807, 2.05) is 38.1 Å². The lowest BCUT2D eigenvalue weighted by Gasteiger charge is -2.21. The Bertz CT molecular complexity index is 408. The van der Waals surface area contributed by atoms with E-state index in [9.17, 15) is 4.79 Å². The zero-order chi connectivity index (χ0) is 13.6. The fraction of sp³-hybridized carbons (Fsp3) is 0.500. The first-order chi connectivity index (χ1) is 8.51. The van der Waals surface area contributed by atoms with Gasteiger partial charge in [-0.3, -0.25) is 4.79 Å². The van der Waals surface area contributed by atoms with Gasteiger partial charge in [-0.1, -0.05) is 18.2 Å². The van der Waals surface area contributed by atoms with Gasteiger partial charge in [0.15, 0.2) is 0 Å². The fourth-order valence-corrected chi connectivity index (χ4v) is 1.55. The van der Waals surface area contributed by atoms with Crippen molar-refractivity contribution < 1.29 is 9.53 Å². The van der Waals surface area contributed by atoms with Gasteiger partial charge in [-0.25, -0.2) is 0 Å². The minimum Gasteiger partial charge on any atom is -0.496 e. The number of carbonyl (C=O) groups is 1. The van der Waals surface area contributed by atoms with Crippen LogP contribution in [0.2, 0.25) is 0 Å². The number of nitrogens with one attached hydrogen (secondary N) is 1. The van der Waals surface area contributed by atoms with Crippen molar-refractivity contribution in [1.82, 2.24) is 5.32 Å². The zero-order valence-corrected chi connectivity index (χ0v) is 12.5. The highest BCUT2D eigenvalue weighted by Crippen LogP contribution is 2.17.